The summed E-state index contributed by atoms with van der Waals surface area (Å²) in [5, 5.41) is 9.67. The molecule has 1 unspecified atom stereocenters. The van der Waals surface area contributed by atoms with Crippen LogP contribution in [0, 0.1) is 0 Å². The largest absolute Gasteiger partial charge is 0.494 e. The standard InChI is InChI=1S/C15H18N2O3/c1-3-20-14-6-5-12(11(2)18)9-13(14)10-17-8-4-7-16-15(17)19/h4-9,11,18H,3,10H2,1-2H3. The van der Waals surface area contributed by atoms with Crippen molar-refractivity contribution in [3.63, 3.8) is 0 Å². The quantitative estimate of drug-likeness (QED) is 0.902. The van der Waals surface area contributed by atoms with Gasteiger partial charge in [0.25, 0.3) is 0 Å². The molecule has 106 valence electrons. The van der Waals surface area contributed by atoms with E-state index in [0.717, 1.165) is 11.1 Å². The molecule has 0 amide bonds. The van der Waals surface area contributed by atoms with E-state index in [4.69, 9.17) is 4.74 Å². The molecule has 1 aromatic heterocycles. The van der Waals surface area contributed by atoms with Crippen molar-refractivity contribution in [2.45, 2.75) is 26.5 Å². The Morgan fingerprint density at radius 3 is 2.90 bits per heavy atom. The number of benzene rings is 1. The van der Waals surface area contributed by atoms with Crippen molar-refractivity contribution in [3.8, 4) is 5.75 Å². The van der Waals surface area contributed by atoms with E-state index in [9.17, 15) is 9.90 Å². The normalized spacial score (nSPS) is 12.2. The predicted octanol–water partition coefficient (Wildman–Crippen LogP) is 1.74. The van der Waals surface area contributed by atoms with E-state index in [1.165, 1.54) is 10.8 Å². The smallest absolute Gasteiger partial charge is 0.347 e. The molecule has 1 heterocycles. The molecule has 5 heteroatoms. The molecule has 20 heavy (non-hydrogen) atoms. The molecule has 0 saturated heterocycles. The Kier molecular flexibility index (Phi) is 4.53. The summed E-state index contributed by atoms with van der Waals surface area (Å²) in [4.78, 5) is 15.4. The molecule has 0 radical (unpaired) electrons. The predicted molar refractivity (Wildman–Crippen MR) is 75.8 cm³/mol. The molecular formula is C15H18N2O3. The van der Waals surface area contributed by atoms with Crippen LogP contribution in [0.2, 0.25) is 0 Å². The second-order valence-corrected chi connectivity index (χ2v) is 4.51. The van der Waals surface area contributed by atoms with Crippen molar-refractivity contribution < 1.29 is 9.84 Å². The lowest BCUT2D eigenvalue weighted by Gasteiger charge is -2.14. The van der Waals surface area contributed by atoms with Crippen LogP contribution in [-0.4, -0.2) is 21.3 Å². The molecule has 2 aromatic rings. The van der Waals surface area contributed by atoms with Crippen molar-refractivity contribution in [1.82, 2.24) is 9.55 Å². The van der Waals surface area contributed by atoms with Crippen molar-refractivity contribution >= 4 is 0 Å². The molecule has 1 aromatic carbocycles. The van der Waals surface area contributed by atoms with Crippen LogP contribution in [0.15, 0.2) is 41.5 Å². The maximum atomic E-state index is 11.7. The minimum Gasteiger partial charge on any atom is -0.494 e. The van der Waals surface area contributed by atoms with E-state index < -0.39 is 6.10 Å². The molecule has 0 aliphatic heterocycles. The van der Waals surface area contributed by atoms with Crippen LogP contribution in [0.25, 0.3) is 0 Å². The van der Waals surface area contributed by atoms with Crippen molar-refractivity contribution in [2.24, 2.45) is 0 Å². The lowest BCUT2D eigenvalue weighted by atomic mass is 10.1. The van der Waals surface area contributed by atoms with E-state index in [1.807, 2.05) is 25.1 Å². The third kappa shape index (κ3) is 3.24. The van der Waals surface area contributed by atoms with E-state index in [1.54, 1.807) is 19.2 Å². The van der Waals surface area contributed by atoms with Gasteiger partial charge >= 0.3 is 5.69 Å². The molecule has 0 bridgehead atoms. The van der Waals surface area contributed by atoms with E-state index >= 15 is 0 Å². The van der Waals surface area contributed by atoms with Gasteiger partial charge in [0.2, 0.25) is 0 Å². The van der Waals surface area contributed by atoms with Crippen LogP contribution in [0.5, 0.6) is 5.75 Å². The Labute approximate surface area is 117 Å². The monoisotopic (exact) mass is 274 g/mol. The molecule has 2 rings (SSSR count). The number of ether oxygens (including phenoxy) is 1. The van der Waals surface area contributed by atoms with Crippen LogP contribution >= 0.6 is 0 Å². The third-order valence-corrected chi connectivity index (χ3v) is 2.99. The second-order valence-electron chi connectivity index (χ2n) is 4.51. The first-order valence-electron chi connectivity index (χ1n) is 6.57. The molecule has 0 aliphatic carbocycles. The number of aliphatic hydroxyl groups is 1. The number of rotatable bonds is 5. The van der Waals surface area contributed by atoms with Crippen molar-refractivity contribution in [2.75, 3.05) is 6.61 Å². The molecule has 0 spiro atoms. The highest BCUT2D eigenvalue weighted by Gasteiger charge is 2.09. The van der Waals surface area contributed by atoms with Gasteiger partial charge in [0.15, 0.2) is 0 Å². The van der Waals surface area contributed by atoms with E-state index in [0.29, 0.717) is 18.9 Å². The number of hydrogen-bond acceptors (Lipinski definition) is 4. The third-order valence-electron chi connectivity index (χ3n) is 2.99. The van der Waals surface area contributed by atoms with Gasteiger partial charge in [-0.15, -0.1) is 0 Å². The maximum Gasteiger partial charge on any atom is 0.347 e. The van der Waals surface area contributed by atoms with Crippen LogP contribution in [0.4, 0.5) is 0 Å². The van der Waals surface area contributed by atoms with Gasteiger partial charge in [-0.25, -0.2) is 9.78 Å². The molecule has 0 saturated carbocycles. The Balaban J connectivity index is 2.39. The average molecular weight is 274 g/mol. The fraction of sp³-hybridized carbons (Fsp3) is 0.333. The zero-order valence-electron chi connectivity index (χ0n) is 11.6. The fourth-order valence-corrected chi connectivity index (χ4v) is 1.97. The van der Waals surface area contributed by atoms with Crippen molar-refractivity contribution in [1.29, 1.82) is 0 Å². The topological polar surface area (TPSA) is 64.3 Å². The SMILES string of the molecule is CCOc1ccc(C(C)O)cc1Cn1cccnc1=O. The zero-order valence-corrected chi connectivity index (χ0v) is 11.6. The summed E-state index contributed by atoms with van der Waals surface area (Å²) >= 11 is 0. The summed E-state index contributed by atoms with van der Waals surface area (Å²) < 4.78 is 7.07. The lowest BCUT2D eigenvalue weighted by molar-refractivity contribution is 0.199. The Morgan fingerprint density at radius 2 is 2.25 bits per heavy atom. The minimum atomic E-state index is -0.560. The van der Waals surface area contributed by atoms with Crippen LogP contribution in [0.3, 0.4) is 0 Å². The van der Waals surface area contributed by atoms with Gasteiger partial charge in [-0.1, -0.05) is 6.07 Å². The first-order valence-corrected chi connectivity index (χ1v) is 6.57. The van der Waals surface area contributed by atoms with E-state index in [-0.39, 0.29) is 5.69 Å². The molecular weight excluding hydrogens is 256 g/mol. The van der Waals surface area contributed by atoms with Gasteiger partial charge in [0, 0.05) is 18.0 Å². The average Bonchev–Trinajstić information content (AvgIpc) is 2.43. The maximum absolute atomic E-state index is 11.7. The molecule has 0 aliphatic rings. The number of hydrogen-bond donors (Lipinski definition) is 1. The molecule has 1 N–H and O–H groups in total. The lowest BCUT2D eigenvalue weighted by Crippen LogP contribution is -2.22. The van der Waals surface area contributed by atoms with Crippen LogP contribution < -0.4 is 10.4 Å². The summed E-state index contributed by atoms with van der Waals surface area (Å²) in [6, 6.07) is 7.21. The highest BCUT2D eigenvalue weighted by molar-refractivity contribution is 5.38. The highest BCUT2D eigenvalue weighted by Crippen LogP contribution is 2.24. The van der Waals surface area contributed by atoms with Gasteiger partial charge in [0.05, 0.1) is 19.3 Å². The fourth-order valence-electron chi connectivity index (χ4n) is 1.97. The minimum absolute atomic E-state index is 0.308. The van der Waals surface area contributed by atoms with Crippen LogP contribution in [-0.2, 0) is 6.54 Å². The van der Waals surface area contributed by atoms with Gasteiger partial charge in [-0.3, -0.25) is 4.57 Å². The Bertz CT molecular complexity index is 635. The molecule has 0 fully saturated rings. The molecule has 1 atom stereocenters. The first kappa shape index (κ1) is 14.3. The number of aromatic nitrogens is 2. The summed E-state index contributed by atoms with van der Waals surface area (Å²) in [6.45, 7) is 4.52. The summed E-state index contributed by atoms with van der Waals surface area (Å²) in [5.74, 6) is 0.715. The Hall–Kier alpha value is -2.14. The van der Waals surface area contributed by atoms with Gasteiger partial charge in [0.1, 0.15) is 5.75 Å². The summed E-state index contributed by atoms with van der Waals surface area (Å²) in [7, 11) is 0. The molecule has 5 nitrogen and oxygen atoms in total. The highest BCUT2D eigenvalue weighted by atomic mass is 16.5. The number of aliphatic hydroxyl groups excluding tert-OH is 1. The summed E-state index contributed by atoms with van der Waals surface area (Å²) in [6.07, 6.45) is 2.59. The van der Waals surface area contributed by atoms with Crippen LogP contribution in [0.1, 0.15) is 31.1 Å². The van der Waals surface area contributed by atoms with Gasteiger partial charge in [-0.05, 0) is 37.6 Å². The van der Waals surface area contributed by atoms with Crippen molar-refractivity contribution in [3.05, 3.63) is 58.3 Å². The van der Waals surface area contributed by atoms with Gasteiger partial charge < -0.3 is 9.84 Å². The zero-order chi connectivity index (χ0) is 14.5. The first-order chi connectivity index (χ1) is 9.61. The van der Waals surface area contributed by atoms with E-state index in [2.05, 4.69) is 4.98 Å². The number of nitrogens with zero attached hydrogens (tertiary/aromatic N) is 2. The second kappa shape index (κ2) is 6.34. The Morgan fingerprint density at radius 1 is 1.45 bits per heavy atom. The summed E-state index contributed by atoms with van der Waals surface area (Å²) in [5.41, 5.74) is 1.33. The van der Waals surface area contributed by atoms with Gasteiger partial charge in [-0.2, -0.15) is 0 Å².